The molecule has 2 nitrogen and oxygen atoms in total. The van der Waals surface area contributed by atoms with Crippen LogP contribution >= 0.6 is 7.14 Å². The van der Waals surface area contributed by atoms with Crippen molar-refractivity contribution in [1.29, 1.82) is 0 Å². The largest absolute Gasteiger partial charge is 0.309 e. The van der Waals surface area contributed by atoms with Crippen molar-refractivity contribution in [2.45, 2.75) is 0 Å². The van der Waals surface area contributed by atoms with Crippen LogP contribution in [0.5, 0.6) is 0 Å². The molecule has 0 fully saturated rings. The Morgan fingerprint density at radius 3 is 1.53 bits per heavy atom. The van der Waals surface area contributed by atoms with Gasteiger partial charge >= 0.3 is 0 Å². The normalized spacial score (nSPS) is 11.8. The average molecular weight is 646 g/mol. The smallest absolute Gasteiger partial charge is 0.171 e. The highest BCUT2D eigenvalue weighted by Gasteiger charge is 2.30. The molecule has 0 N–H and O–H groups in total. The van der Waals surface area contributed by atoms with Gasteiger partial charge in [-0.1, -0.05) is 170 Å². The zero-order valence-electron chi connectivity index (χ0n) is 26.8. The van der Waals surface area contributed by atoms with E-state index in [-0.39, 0.29) is 0 Å². The van der Waals surface area contributed by atoms with Gasteiger partial charge < -0.3 is 9.13 Å². The minimum absolute atomic E-state index is 0.821. The molecule has 0 aliphatic rings. The third-order valence-corrected chi connectivity index (χ3v) is 12.7. The third-order valence-electron chi connectivity index (χ3n) is 9.67. The molecule has 232 valence electrons. The molecule has 0 atom stereocenters. The summed E-state index contributed by atoms with van der Waals surface area (Å²) in [6, 6.07) is 67.3. The van der Waals surface area contributed by atoms with E-state index in [4.69, 9.17) is 0 Å². The van der Waals surface area contributed by atoms with Crippen LogP contribution in [0.3, 0.4) is 0 Å². The van der Waals surface area contributed by atoms with Gasteiger partial charge in [-0.15, -0.1) is 0 Å². The fourth-order valence-electron chi connectivity index (χ4n) is 7.35. The standard InChI is InChI=1S/C46H32NOP/c48-49(38-17-6-2-7-18-38,39-19-8-3-9-20-39)40-30-26-35(27-31-40)45-41-21-11-10-16-36(41)32-43-42-22-12-13-23-44(42)47(46(43)45)37-28-24-34(25-29-37)33-14-4-1-5-15-33/h1-32H. The Labute approximate surface area is 285 Å². The quantitative estimate of drug-likeness (QED) is 0.165. The van der Waals surface area contributed by atoms with Crippen molar-refractivity contribution < 1.29 is 4.57 Å². The second-order valence-corrected chi connectivity index (χ2v) is 15.2. The van der Waals surface area contributed by atoms with Gasteiger partial charge in [0.05, 0.1) is 11.0 Å². The lowest BCUT2D eigenvalue weighted by molar-refractivity contribution is 0.592. The maximum atomic E-state index is 15.2. The minimum Gasteiger partial charge on any atom is -0.309 e. The van der Waals surface area contributed by atoms with Gasteiger partial charge in [-0.3, -0.25) is 0 Å². The molecule has 0 aliphatic carbocycles. The Morgan fingerprint density at radius 1 is 0.388 bits per heavy atom. The first kappa shape index (κ1) is 29.2. The highest BCUT2D eigenvalue weighted by molar-refractivity contribution is 7.85. The van der Waals surface area contributed by atoms with Gasteiger partial charge in [0.2, 0.25) is 0 Å². The van der Waals surface area contributed by atoms with Crippen LogP contribution in [0.2, 0.25) is 0 Å². The van der Waals surface area contributed by atoms with Gasteiger partial charge in [-0.2, -0.15) is 0 Å². The minimum atomic E-state index is -3.10. The van der Waals surface area contributed by atoms with E-state index in [0.29, 0.717) is 0 Å². The van der Waals surface area contributed by atoms with E-state index in [1.807, 2.05) is 60.7 Å². The summed E-state index contributed by atoms with van der Waals surface area (Å²) in [5.74, 6) is 0. The molecular formula is C46H32NOP. The van der Waals surface area contributed by atoms with E-state index < -0.39 is 7.14 Å². The number of aromatic nitrogens is 1. The summed E-state index contributed by atoms with van der Waals surface area (Å²) in [6.07, 6.45) is 0. The van der Waals surface area contributed by atoms with E-state index in [0.717, 1.165) is 43.8 Å². The average Bonchev–Trinajstić information content (AvgIpc) is 3.51. The van der Waals surface area contributed by atoms with Crippen LogP contribution < -0.4 is 15.9 Å². The number of hydrogen-bond acceptors (Lipinski definition) is 1. The van der Waals surface area contributed by atoms with E-state index in [1.54, 1.807) is 0 Å². The second kappa shape index (κ2) is 11.9. The highest BCUT2D eigenvalue weighted by Crippen LogP contribution is 2.45. The van der Waals surface area contributed by atoms with Gasteiger partial charge in [0.15, 0.2) is 7.14 Å². The number of para-hydroxylation sites is 1. The molecule has 3 heteroatoms. The van der Waals surface area contributed by atoms with Crippen molar-refractivity contribution in [2.24, 2.45) is 0 Å². The van der Waals surface area contributed by atoms with E-state index in [9.17, 15) is 0 Å². The predicted octanol–water partition coefficient (Wildman–Crippen LogP) is 10.9. The molecule has 0 bridgehead atoms. The number of benzene rings is 8. The monoisotopic (exact) mass is 645 g/mol. The Bertz CT molecular complexity index is 2600. The van der Waals surface area contributed by atoms with Gasteiger partial charge in [-0.25, -0.2) is 0 Å². The number of hydrogen-bond donors (Lipinski definition) is 0. The molecule has 0 aliphatic heterocycles. The summed E-state index contributed by atoms with van der Waals surface area (Å²) in [6.45, 7) is 0. The zero-order chi connectivity index (χ0) is 32.8. The molecule has 1 aromatic heterocycles. The molecule has 0 spiro atoms. The zero-order valence-corrected chi connectivity index (χ0v) is 27.7. The molecule has 8 aromatic carbocycles. The van der Waals surface area contributed by atoms with Gasteiger partial charge in [-0.05, 0) is 51.7 Å². The van der Waals surface area contributed by atoms with Crippen LogP contribution in [0.1, 0.15) is 0 Å². The van der Waals surface area contributed by atoms with Crippen molar-refractivity contribution in [3.05, 3.63) is 194 Å². The predicted molar refractivity (Wildman–Crippen MR) is 209 cm³/mol. The van der Waals surface area contributed by atoms with Crippen LogP contribution in [-0.2, 0) is 4.57 Å². The Kier molecular flexibility index (Phi) is 7.11. The maximum absolute atomic E-state index is 15.2. The van der Waals surface area contributed by atoms with Crippen molar-refractivity contribution in [3.63, 3.8) is 0 Å². The molecule has 49 heavy (non-hydrogen) atoms. The van der Waals surface area contributed by atoms with Gasteiger partial charge in [0, 0.05) is 37.9 Å². The molecule has 9 aromatic rings. The number of rotatable bonds is 6. The molecule has 0 amide bonds. The molecular weight excluding hydrogens is 613 g/mol. The Balaban J connectivity index is 1.29. The highest BCUT2D eigenvalue weighted by atomic mass is 31.2. The molecule has 0 radical (unpaired) electrons. The molecule has 0 saturated carbocycles. The summed E-state index contributed by atoms with van der Waals surface area (Å²) in [7, 11) is -3.10. The van der Waals surface area contributed by atoms with Crippen LogP contribution in [0.15, 0.2) is 194 Å². The van der Waals surface area contributed by atoms with Crippen LogP contribution in [0.4, 0.5) is 0 Å². The Morgan fingerprint density at radius 2 is 0.878 bits per heavy atom. The molecule has 0 unspecified atom stereocenters. The lowest BCUT2D eigenvalue weighted by Gasteiger charge is -2.21. The van der Waals surface area contributed by atoms with Crippen LogP contribution in [0, 0.1) is 0 Å². The Hall–Kier alpha value is -5.95. The summed E-state index contributed by atoms with van der Waals surface area (Å²) >= 11 is 0. The fourth-order valence-corrected chi connectivity index (χ4v) is 9.99. The SMILES string of the molecule is O=P(c1ccccc1)(c1ccccc1)c1ccc(-c2c3ccccc3cc3c4ccccc4n(-c4ccc(-c5ccccc5)cc4)c23)cc1. The topological polar surface area (TPSA) is 22.0 Å². The first-order valence-electron chi connectivity index (χ1n) is 16.6. The number of nitrogens with zero attached hydrogens (tertiary/aromatic N) is 1. The number of fused-ring (bicyclic) bond motifs is 4. The molecule has 0 saturated heterocycles. The summed E-state index contributed by atoms with van der Waals surface area (Å²) < 4.78 is 17.6. The lowest BCUT2D eigenvalue weighted by atomic mass is 9.95. The van der Waals surface area contributed by atoms with Gasteiger partial charge in [0.1, 0.15) is 0 Å². The third kappa shape index (κ3) is 4.84. The lowest BCUT2D eigenvalue weighted by Crippen LogP contribution is -2.24. The first-order chi connectivity index (χ1) is 24.2. The van der Waals surface area contributed by atoms with E-state index in [1.165, 1.54) is 32.7 Å². The van der Waals surface area contributed by atoms with Crippen molar-refractivity contribution in [1.82, 2.24) is 4.57 Å². The van der Waals surface area contributed by atoms with Crippen molar-refractivity contribution in [2.75, 3.05) is 0 Å². The fraction of sp³-hybridized carbons (Fsp3) is 0. The van der Waals surface area contributed by atoms with Crippen LogP contribution in [0.25, 0.3) is 60.5 Å². The summed E-state index contributed by atoms with van der Waals surface area (Å²) in [4.78, 5) is 0. The van der Waals surface area contributed by atoms with E-state index in [2.05, 4.69) is 138 Å². The van der Waals surface area contributed by atoms with Crippen LogP contribution in [-0.4, -0.2) is 4.57 Å². The molecule has 9 rings (SSSR count). The molecule has 1 heterocycles. The maximum Gasteiger partial charge on any atom is 0.171 e. The van der Waals surface area contributed by atoms with Crippen molar-refractivity contribution >= 4 is 55.6 Å². The summed E-state index contributed by atoms with van der Waals surface area (Å²) in [5, 5.41) is 7.28. The summed E-state index contributed by atoms with van der Waals surface area (Å²) in [5.41, 5.74) is 8.07. The first-order valence-corrected chi connectivity index (χ1v) is 18.3. The van der Waals surface area contributed by atoms with Gasteiger partial charge in [0.25, 0.3) is 0 Å². The van der Waals surface area contributed by atoms with Crippen molar-refractivity contribution in [3.8, 4) is 27.9 Å². The second-order valence-electron chi connectivity index (χ2n) is 12.5. The van der Waals surface area contributed by atoms with E-state index >= 15 is 4.57 Å².